The lowest BCUT2D eigenvalue weighted by atomic mass is 9.96. The Morgan fingerprint density at radius 1 is 1.03 bits per heavy atom. The van der Waals surface area contributed by atoms with Gasteiger partial charge in [-0.2, -0.15) is 12.6 Å². The highest BCUT2D eigenvalue weighted by atomic mass is 32.1. The lowest BCUT2D eigenvalue weighted by Crippen LogP contribution is -2.61. The van der Waals surface area contributed by atoms with Gasteiger partial charge in [0.1, 0.15) is 18.1 Å². The van der Waals surface area contributed by atoms with E-state index in [-0.39, 0.29) is 18.1 Å². The van der Waals surface area contributed by atoms with Gasteiger partial charge in [-0.1, -0.05) is 38.5 Å². The molecule has 6 atom stereocenters. The van der Waals surface area contributed by atoms with E-state index in [1.165, 1.54) is 6.92 Å². The molecule has 0 saturated carbocycles. The van der Waals surface area contributed by atoms with Crippen molar-refractivity contribution < 1.29 is 29.4 Å². The number of para-hydroxylation sites is 1. The largest absolute Gasteiger partial charge is 0.480 e. The van der Waals surface area contributed by atoms with E-state index in [0.717, 1.165) is 16.5 Å². The summed E-state index contributed by atoms with van der Waals surface area (Å²) in [6, 6.07) is 2.90. The summed E-state index contributed by atoms with van der Waals surface area (Å²) in [6.45, 7) is 4.88. The SMILES string of the molecule is CCC(C)C(NC(=O)C(N)Cc1c[nH]c2ccccc12)C(=O)NC(C(=O)NC(CS)C(=O)O)C(C)O. The van der Waals surface area contributed by atoms with Gasteiger partial charge in [0.15, 0.2) is 0 Å². The van der Waals surface area contributed by atoms with Crippen molar-refractivity contribution in [3.8, 4) is 0 Å². The molecule has 198 valence electrons. The van der Waals surface area contributed by atoms with Crippen LogP contribution in [0, 0.1) is 5.92 Å². The molecule has 0 aliphatic rings. The molecule has 1 aromatic carbocycles. The number of hydrogen-bond donors (Lipinski definition) is 8. The number of fused-ring (bicyclic) bond motifs is 1. The van der Waals surface area contributed by atoms with E-state index in [1.54, 1.807) is 13.1 Å². The molecule has 0 spiro atoms. The number of nitrogens with two attached hydrogens (primary N) is 1. The summed E-state index contributed by atoms with van der Waals surface area (Å²) >= 11 is 3.89. The van der Waals surface area contributed by atoms with Crippen molar-refractivity contribution in [2.75, 3.05) is 5.75 Å². The number of amides is 3. The fraction of sp³-hybridized carbons (Fsp3) is 0.500. The molecule has 11 nitrogen and oxygen atoms in total. The Morgan fingerprint density at radius 3 is 2.22 bits per heavy atom. The second-order valence-electron chi connectivity index (χ2n) is 8.85. The van der Waals surface area contributed by atoms with Gasteiger partial charge in [0.05, 0.1) is 12.1 Å². The first-order chi connectivity index (χ1) is 17.0. The number of carbonyl (C=O) groups is 4. The third-order valence-corrected chi connectivity index (χ3v) is 6.47. The number of thiol groups is 1. The summed E-state index contributed by atoms with van der Waals surface area (Å²) in [6.07, 6.45) is 1.23. The van der Waals surface area contributed by atoms with Crippen LogP contribution in [0.4, 0.5) is 0 Å². The molecule has 3 amide bonds. The molecule has 0 saturated heterocycles. The van der Waals surface area contributed by atoms with Crippen LogP contribution in [0.3, 0.4) is 0 Å². The Labute approximate surface area is 215 Å². The number of aliphatic carboxylic acids is 1. The summed E-state index contributed by atoms with van der Waals surface area (Å²) in [5.74, 6) is -3.93. The lowest BCUT2D eigenvalue weighted by Gasteiger charge is -2.28. The molecule has 8 N–H and O–H groups in total. The van der Waals surface area contributed by atoms with Crippen molar-refractivity contribution in [2.24, 2.45) is 11.7 Å². The van der Waals surface area contributed by atoms with Crippen LogP contribution in [-0.2, 0) is 25.6 Å². The van der Waals surface area contributed by atoms with E-state index in [4.69, 9.17) is 10.8 Å². The normalized spacial score (nSPS) is 16.3. The van der Waals surface area contributed by atoms with Gasteiger partial charge in [-0.3, -0.25) is 14.4 Å². The third-order valence-electron chi connectivity index (χ3n) is 6.10. The van der Waals surface area contributed by atoms with E-state index < -0.39 is 54.0 Å². The molecule has 0 bridgehead atoms. The second kappa shape index (κ2) is 13.3. The van der Waals surface area contributed by atoms with Crippen LogP contribution in [0.1, 0.15) is 32.8 Å². The van der Waals surface area contributed by atoms with Crippen molar-refractivity contribution in [2.45, 2.75) is 63.9 Å². The molecule has 1 heterocycles. The monoisotopic (exact) mass is 521 g/mol. The van der Waals surface area contributed by atoms with Gasteiger partial charge in [-0.15, -0.1) is 0 Å². The molecular formula is C24H35N5O6S. The Morgan fingerprint density at radius 2 is 1.64 bits per heavy atom. The van der Waals surface area contributed by atoms with Gasteiger partial charge in [0.25, 0.3) is 0 Å². The highest BCUT2D eigenvalue weighted by Gasteiger charge is 2.34. The minimum absolute atomic E-state index is 0.179. The van der Waals surface area contributed by atoms with E-state index >= 15 is 0 Å². The average molecular weight is 522 g/mol. The molecule has 6 unspecified atom stereocenters. The third kappa shape index (κ3) is 7.45. The number of carbonyl (C=O) groups excluding carboxylic acids is 3. The van der Waals surface area contributed by atoms with Gasteiger partial charge in [0.2, 0.25) is 17.7 Å². The van der Waals surface area contributed by atoms with E-state index in [9.17, 15) is 24.3 Å². The predicted molar refractivity (Wildman–Crippen MR) is 138 cm³/mol. The number of H-pyrrole nitrogens is 1. The van der Waals surface area contributed by atoms with Gasteiger partial charge < -0.3 is 36.9 Å². The fourth-order valence-corrected chi connectivity index (χ4v) is 3.94. The number of aromatic amines is 1. The van der Waals surface area contributed by atoms with Crippen molar-refractivity contribution in [3.63, 3.8) is 0 Å². The Kier molecular flexibility index (Phi) is 10.8. The predicted octanol–water partition coefficient (Wildman–Crippen LogP) is -0.0666. The Balaban J connectivity index is 2.12. The van der Waals surface area contributed by atoms with Crippen molar-refractivity contribution in [1.82, 2.24) is 20.9 Å². The average Bonchev–Trinajstić information content (AvgIpc) is 3.25. The molecule has 2 rings (SSSR count). The van der Waals surface area contributed by atoms with Crippen LogP contribution in [0.5, 0.6) is 0 Å². The summed E-state index contributed by atoms with van der Waals surface area (Å²) in [4.78, 5) is 53.0. The Bertz CT molecular complexity index is 1070. The smallest absolute Gasteiger partial charge is 0.327 e. The van der Waals surface area contributed by atoms with Crippen LogP contribution < -0.4 is 21.7 Å². The number of aliphatic hydroxyl groups excluding tert-OH is 1. The van der Waals surface area contributed by atoms with Crippen LogP contribution in [-0.4, -0.2) is 74.9 Å². The number of benzene rings is 1. The topological polar surface area (TPSA) is 187 Å². The van der Waals surface area contributed by atoms with Crippen molar-refractivity contribution in [3.05, 3.63) is 36.0 Å². The highest BCUT2D eigenvalue weighted by molar-refractivity contribution is 7.80. The quantitative estimate of drug-likeness (QED) is 0.169. The van der Waals surface area contributed by atoms with Gasteiger partial charge in [-0.05, 0) is 30.9 Å². The van der Waals surface area contributed by atoms with Crippen LogP contribution in [0.2, 0.25) is 0 Å². The molecule has 0 fully saturated rings. The zero-order chi connectivity index (χ0) is 27.0. The summed E-state index contributed by atoms with van der Waals surface area (Å²) < 4.78 is 0. The second-order valence-corrected chi connectivity index (χ2v) is 9.22. The molecule has 1 aromatic heterocycles. The maximum Gasteiger partial charge on any atom is 0.327 e. The molecule has 2 aromatic rings. The highest BCUT2D eigenvalue weighted by Crippen LogP contribution is 2.19. The van der Waals surface area contributed by atoms with Crippen LogP contribution in [0.25, 0.3) is 10.9 Å². The maximum atomic E-state index is 13.1. The lowest BCUT2D eigenvalue weighted by molar-refractivity contribution is -0.142. The zero-order valence-corrected chi connectivity index (χ0v) is 21.4. The van der Waals surface area contributed by atoms with Crippen molar-refractivity contribution >= 4 is 47.2 Å². The van der Waals surface area contributed by atoms with Crippen LogP contribution >= 0.6 is 12.6 Å². The van der Waals surface area contributed by atoms with E-state index in [2.05, 4.69) is 33.6 Å². The summed E-state index contributed by atoms with van der Waals surface area (Å²) in [5, 5.41) is 27.5. The number of hydrogen-bond acceptors (Lipinski definition) is 7. The number of carboxylic acids is 1. The number of carboxylic acid groups (broad SMARTS) is 1. The number of aliphatic hydroxyl groups is 1. The zero-order valence-electron chi connectivity index (χ0n) is 20.5. The molecule has 0 aliphatic heterocycles. The molecule has 0 radical (unpaired) electrons. The first kappa shape index (κ1) is 29.1. The maximum absolute atomic E-state index is 13.1. The van der Waals surface area contributed by atoms with E-state index in [0.29, 0.717) is 6.42 Å². The van der Waals surface area contributed by atoms with Crippen molar-refractivity contribution in [1.29, 1.82) is 0 Å². The first-order valence-corrected chi connectivity index (χ1v) is 12.4. The molecular weight excluding hydrogens is 486 g/mol. The number of rotatable bonds is 13. The van der Waals surface area contributed by atoms with Gasteiger partial charge in [0, 0.05) is 22.9 Å². The van der Waals surface area contributed by atoms with Gasteiger partial charge >= 0.3 is 5.97 Å². The number of aromatic nitrogens is 1. The summed E-state index contributed by atoms with van der Waals surface area (Å²) in [7, 11) is 0. The van der Waals surface area contributed by atoms with Gasteiger partial charge in [-0.25, -0.2) is 4.79 Å². The minimum atomic E-state index is -1.44. The molecule has 36 heavy (non-hydrogen) atoms. The first-order valence-electron chi connectivity index (χ1n) is 11.7. The Hall–Kier alpha value is -3.09. The summed E-state index contributed by atoms with van der Waals surface area (Å²) in [5.41, 5.74) is 7.94. The molecule has 12 heteroatoms. The van der Waals surface area contributed by atoms with E-state index in [1.807, 2.05) is 31.2 Å². The fourth-order valence-electron chi connectivity index (χ4n) is 3.69. The standard InChI is InChI=1S/C24H35N5O6S/c1-4-12(2)19(22(32)29-20(13(3)30)23(33)27-18(11-36)24(34)35)28-21(31)16(25)9-14-10-26-17-8-6-5-7-15(14)17/h5-8,10,12-13,16,18-20,26,30,36H,4,9,11,25H2,1-3H3,(H,27,33)(H,28,31)(H,29,32)(H,34,35). The number of nitrogens with one attached hydrogen (secondary N) is 4. The molecule has 0 aliphatic carbocycles. The van der Waals surface area contributed by atoms with Crippen LogP contribution in [0.15, 0.2) is 30.5 Å². The minimum Gasteiger partial charge on any atom is -0.480 e.